The minimum Gasteiger partial charge on any atom is -0.445 e. The van der Waals surface area contributed by atoms with Crippen LogP contribution in [0.4, 0.5) is 4.79 Å². The molecule has 0 aromatic heterocycles. The lowest BCUT2D eigenvalue weighted by Gasteiger charge is -2.22. The molecule has 0 spiro atoms. The minimum absolute atomic E-state index is 0.0515. The summed E-state index contributed by atoms with van der Waals surface area (Å²) < 4.78 is 5.22. The molecule has 2 aromatic carbocycles. The van der Waals surface area contributed by atoms with Crippen LogP contribution < -0.4 is 16.4 Å². The van der Waals surface area contributed by atoms with Gasteiger partial charge in [-0.25, -0.2) is 4.79 Å². The maximum absolute atomic E-state index is 12.9. The molecule has 0 saturated carbocycles. The van der Waals surface area contributed by atoms with Crippen molar-refractivity contribution in [1.82, 2.24) is 10.6 Å². The van der Waals surface area contributed by atoms with Crippen molar-refractivity contribution in [3.8, 4) is 6.07 Å². The molecular weight excluding hydrogens is 396 g/mol. The van der Waals surface area contributed by atoms with E-state index in [1.54, 1.807) is 6.92 Å². The fraction of sp³-hybridized carbons (Fsp3) is 0.304. The molecule has 8 nitrogen and oxygen atoms in total. The number of nitrogens with zero attached hydrogens (tertiary/aromatic N) is 1. The van der Waals surface area contributed by atoms with Crippen LogP contribution in [-0.2, 0) is 27.4 Å². The van der Waals surface area contributed by atoms with Gasteiger partial charge in [0.15, 0.2) is 0 Å². The quantitative estimate of drug-likeness (QED) is 0.539. The lowest BCUT2D eigenvalue weighted by atomic mass is 10.0. The van der Waals surface area contributed by atoms with Crippen molar-refractivity contribution < 1.29 is 19.1 Å². The fourth-order valence-corrected chi connectivity index (χ4v) is 2.89. The molecule has 0 unspecified atom stereocenters. The van der Waals surface area contributed by atoms with Crippen LogP contribution in [0.25, 0.3) is 0 Å². The van der Waals surface area contributed by atoms with E-state index >= 15 is 0 Å². The first-order valence-corrected chi connectivity index (χ1v) is 9.89. The molecule has 0 aliphatic carbocycles. The van der Waals surface area contributed by atoms with Gasteiger partial charge in [0.05, 0.1) is 6.07 Å². The maximum atomic E-state index is 12.9. The molecule has 0 heterocycles. The maximum Gasteiger partial charge on any atom is 0.408 e. The van der Waals surface area contributed by atoms with Gasteiger partial charge in [-0.05, 0) is 24.5 Å². The van der Waals surface area contributed by atoms with Crippen molar-refractivity contribution >= 4 is 17.9 Å². The Hall–Kier alpha value is -3.86. The highest BCUT2D eigenvalue weighted by atomic mass is 16.5. The molecule has 0 fully saturated rings. The number of benzene rings is 2. The van der Waals surface area contributed by atoms with Crippen LogP contribution in [0.5, 0.6) is 0 Å². The monoisotopic (exact) mass is 422 g/mol. The number of primary amides is 1. The van der Waals surface area contributed by atoms with Gasteiger partial charge in [-0.15, -0.1) is 0 Å². The molecule has 0 saturated heterocycles. The van der Waals surface area contributed by atoms with Crippen LogP contribution in [0.3, 0.4) is 0 Å². The zero-order valence-corrected chi connectivity index (χ0v) is 17.3. The lowest BCUT2D eigenvalue weighted by Crippen LogP contribution is -2.54. The number of nitriles is 1. The largest absolute Gasteiger partial charge is 0.445 e. The summed E-state index contributed by atoms with van der Waals surface area (Å²) in [5.74, 6) is -1.82. The van der Waals surface area contributed by atoms with E-state index in [1.807, 2.05) is 66.7 Å². The number of hydrogen-bond acceptors (Lipinski definition) is 5. The normalized spacial score (nSPS) is 13.2. The molecule has 162 valence electrons. The Labute approximate surface area is 181 Å². The highest BCUT2D eigenvalue weighted by Crippen LogP contribution is 2.08. The van der Waals surface area contributed by atoms with Crippen molar-refractivity contribution in [1.29, 1.82) is 5.26 Å². The molecule has 0 aliphatic heterocycles. The van der Waals surface area contributed by atoms with Gasteiger partial charge in [0.25, 0.3) is 0 Å². The van der Waals surface area contributed by atoms with Crippen LogP contribution in [0.15, 0.2) is 60.7 Å². The standard InChI is InChI=1S/C23H26N4O4/c1-16(14-24)12-19(21(25)28)26-22(29)20(13-17-8-4-2-5-9-17)27-23(30)31-15-18-10-6-3-7-11-18/h2-11,16,19-20H,12-13,15H2,1H3,(H2,25,28)(H,26,29)(H,27,30)/t16-,19-,20+/m1/s1. The molecule has 2 rings (SSSR count). The highest BCUT2D eigenvalue weighted by molar-refractivity contribution is 5.90. The summed E-state index contributed by atoms with van der Waals surface area (Å²) >= 11 is 0. The summed E-state index contributed by atoms with van der Waals surface area (Å²) in [7, 11) is 0. The van der Waals surface area contributed by atoms with E-state index < -0.39 is 35.9 Å². The summed E-state index contributed by atoms with van der Waals surface area (Å²) in [6, 6.07) is 18.2. The number of alkyl carbamates (subject to hydrolysis) is 1. The third kappa shape index (κ3) is 8.19. The average molecular weight is 422 g/mol. The first kappa shape index (κ1) is 23.4. The van der Waals surface area contributed by atoms with Gasteiger partial charge in [0, 0.05) is 12.3 Å². The number of carbonyl (C=O) groups is 3. The van der Waals surface area contributed by atoms with Crippen LogP contribution >= 0.6 is 0 Å². The average Bonchev–Trinajstić information content (AvgIpc) is 2.78. The van der Waals surface area contributed by atoms with Gasteiger partial charge in [-0.1, -0.05) is 60.7 Å². The third-order valence-corrected chi connectivity index (χ3v) is 4.57. The summed E-state index contributed by atoms with van der Waals surface area (Å²) in [5, 5.41) is 14.1. The molecule has 2 aromatic rings. The molecule has 0 bridgehead atoms. The smallest absolute Gasteiger partial charge is 0.408 e. The Morgan fingerprint density at radius 1 is 0.968 bits per heavy atom. The predicted molar refractivity (Wildman–Crippen MR) is 114 cm³/mol. The molecule has 8 heteroatoms. The van der Waals surface area contributed by atoms with E-state index in [4.69, 9.17) is 15.7 Å². The van der Waals surface area contributed by atoms with Gasteiger partial charge in [0.2, 0.25) is 11.8 Å². The molecule has 4 N–H and O–H groups in total. The van der Waals surface area contributed by atoms with E-state index in [9.17, 15) is 14.4 Å². The zero-order valence-electron chi connectivity index (χ0n) is 17.3. The first-order valence-electron chi connectivity index (χ1n) is 9.89. The van der Waals surface area contributed by atoms with Crippen LogP contribution in [0.1, 0.15) is 24.5 Å². The molecule has 31 heavy (non-hydrogen) atoms. The number of carbonyl (C=O) groups excluding carboxylic acids is 3. The summed E-state index contributed by atoms with van der Waals surface area (Å²) in [6.45, 7) is 1.68. The number of amides is 3. The van der Waals surface area contributed by atoms with Crippen LogP contribution in [-0.4, -0.2) is 30.0 Å². The Balaban J connectivity index is 2.07. The topological polar surface area (TPSA) is 134 Å². The van der Waals surface area contributed by atoms with Crippen molar-refractivity contribution in [2.45, 2.75) is 38.5 Å². The number of nitrogens with one attached hydrogen (secondary N) is 2. The van der Waals surface area contributed by atoms with Gasteiger partial charge >= 0.3 is 6.09 Å². The molecule has 0 aliphatic rings. The van der Waals surface area contributed by atoms with E-state index in [-0.39, 0.29) is 19.4 Å². The number of ether oxygens (including phenoxy) is 1. The van der Waals surface area contributed by atoms with E-state index in [0.717, 1.165) is 11.1 Å². The van der Waals surface area contributed by atoms with Gasteiger partial charge in [0.1, 0.15) is 18.7 Å². The highest BCUT2D eigenvalue weighted by Gasteiger charge is 2.27. The van der Waals surface area contributed by atoms with Crippen molar-refractivity contribution in [2.24, 2.45) is 11.7 Å². The second kappa shape index (κ2) is 12.0. The summed E-state index contributed by atoms with van der Waals surface area (Å²) in [4.78, 5) is 36.9. The molecule has 3 amide bonds. The molecular formula is C23H26N4O4. The second-order valence-electron chi connectivity index (χ2n) is 7.18. The molecule has 3 atom stereocenters. The van der Waals surface area contributed by atoms with E-state index in [0.29, 0.717) is 0 Å². The zero-order chi connectivity index (χ0) is 22.6. The van der Waals surface area contributed by atoms with Gasteiger partial charge < -0.3 is 21.1 Å². The number of nitrogens with two attached hydrogens (primary N) is 1. The van der Waals surface area contributed by atoms with Crippen molar-refractivity contribution in [3.63, 3.8) is 0 Å². The third-order valence-electron chi connectivity index (χ3n) is 4.57. The SMILES string of the molecule is C[C@@H](C#N)C[C@@H](NC(=O)[C@H](Cc1ccccc1)NC(=O)OCc1ccccc1)C(N)=O. The van der Waals surface area contributed by atoms with E-state index in [1.165, 1.54) is 0 Å². The number of hydrogen-bond donors (Lipinski definition) is 3. The Kier molecular flexibility index (Phi) is 9.05. The predicted octanol–water partition coefficient (Wildman–Crippen LogP) is 2.04. The summed E-state index contributed by atoms with van der Waals surface area (Å²) in [6.07, 6.45) is -0.499. The first-order chi connectivity index (χ1) is 14.9. The Morgan fingerprint density at radius 3 is 2.10 bits per heavy atom. The minimum atomic E-state index is -1.03. The lowest BCUT2D eigenvalue weighted by molar-refractivity contribution is -0.128. The number of rotatable bonds is 10. The molecule has 0 radical (unpaired) electrons. The Morgan fingerprint density at radius 2 is 1.55 bits per heavy atom. The summed E-state index contributed by atoms with van der Waals surface area (Å²) in [5.41, 5.74) is 7.00. The second-order valence-corrected chi connectivity index (χ2v) is 7.18. The Bertz CT molecular complexity index is 912. The van der Waals surface area contributed by atoms with Gasteiger partial charge in [-0.2, -0.15) is 5.26 Å². The van der Waals surface area contributed by atoms with Crippen molar-refractivity contribution in [3.05, 3.63) is 71.8 Å². The van der Waals surface area contributed by atoms with Crippen molar-refractivity contribution in [2.75, 3.05) is 0 Å². The van der Waals surface area contributed by atoms with Crippen LogP contribution in [0.2, 0.25) is 0 Å². The fourth-order valence-electron chi connectivity index (χ4n) is 2.89. The van der Waals surface area contributed by atoms with E-state index in [2.05, 4.69) is 10.6 Å². The van der Waals surface area contributed by atoms with Crippen LogP contribution in [0, 0.1) is 17.2 Å². The van der Waals surface area contributed by atoms with Gasteiger partial charge in [-0.3, -0.25) is 9.59 Å².